The van der Waals surface area contributed by atoms with Gasteiger partial charge in [-0.25, -0.2) is 9.38 Å². The number of nitro groups is 1. The number of aromatic nitrogens is 1. The molecule has 1 atom stereocenters. The summed E-state index contributed by atoms with van der Waals surface area (Å²) in [6.45, 7) is 1.23. The average Bonchev–Trinajstić information content (AvgIpc) is 3.34. The highest BCUT2D eigenvalue weighted by atomic mass is 32.1. The Labute approximate surface area is 164 Å². The lowest BCUT2D eigenvalue weighted by atomic mass is 10.1. The van der Waals surface area contributed by atoms with Gasteiger partial charge in [-0.1, -0.05) is 24.3 Å². The first-order chi connectivity index (χ1) is 13.6. The highest BCUT2D eigenvalue weighted by Gasteiger charge is 2.20. The van der Waals surface area contributed by atoms with Crippen molar-refractivity contribution in [3.63, 3.8) is 0 Å². The minimum atomic E-state index is -0.450. The van der Waals surface area contributed by atoms with E-state index in [2.05, 4.69) is 4.99 Å². The molecule has 1 aromatic heterocycles. The van der Waals surface area contributed by atoms with E-state index >= 15 is 0 Å². The number of ether oxygens (including phenoxy) is 1. The molecule has 1 unspecified atom stereocenters. The van der Waals surface area contributed by atoms with Crippen LogP contribution < -0.4 is 4.80 Å². The Balaban J connectivity index is 1.86. The Kier molecular flexibility index (Phi) is 5.31. The zero-order valence-corrected chi connectivity index (χ0v) is 15.8. The molecule has 0 bridgehead atoms. The maximum atomic E-state index is 14.4. The van der Waals surface area contributed by atoms with Crippen molar-refractivity contribution in [3.05, 3.63) is 74.6 Å². The van der Waals surface area contributed by atoms with Crippen LogP contribution in [0.15, 0.2) is 58.9 Å². The van der Waals surface area contributed by atoms with Crippen molar-refractivity contribution in [2.24, 2.45) is 4.99 Å². The van der Waals surface area contributed by atoms with Gasteiger partial charge in [-0.15, -0.1) is 11.3 Å². The van der Waals surface area contributed by atoms with Gasteiger partial charge in [0.05, 0.1) is 23.3 Å². The van der Waals surface area contributed by atoms with Crippen LogP contribution in [0.3, 0.4) is 0 Å². The van der Waals surface area contributed by atoms with Gasteiger partial charge in [-0.2, -0.15) is 0 Å². The van der Waals surface area contributed by atoms with Crippen LogP contribution in [-0.4, -0.2) is 22.2 Å². The van der Waals surface area contributed by atoms with Crippen LogP contribution in [0.1, 0.15) is 12.8 Å². The molecule has 0 aliphatic carbocycles. The summed E-state index contributed by atoms with van der Waals surface area (Å²) in [6.07, 6.45) is 1.93. The van der Waals surface area contributed by atoms with E-state index in [1.165, 1.54) is 23.5 Å². The molecule has 1 saturated heterocycles. The number of rotatable bonds is 5. The number of hydrogen-bond donors (Lipinski definition) is 0. The minimum absolute atomic E-state index is 0.0184. The van der Waals surface area contributed by atoms with E-state index in [1.807, 2.05) is 9.95 Å². The summed E-state index contributed by atoms with van der Waals surface area (Å²) in [4.78, 5) is 16.0. The predicted molar refractivity (Wildman–Crippen MR) is 105 cm³/mol. The first kappa shape index (κ1) is 18.5. The van der Waals surface area contributed by atoms with Crippen LogP contribution >= 0.6 is 11.3 Å². The molecule has 144 valence electrons. The summed E-state index contributed by atoms with van der Waals surface area (Å²) >= 11 is 1.33. The second-order valence-corrected chi connectivity index (χ2v) is 7.32. The zero-order chi connectivity index (χ0) is 19.5. The van der Waals surface area contributed by atoms with Crippen molar-refractivity contribution < 1.29 is 14.1 Å². The molecule has 0 amide bonds. The summed E-state index contributed by atoms with van der Waals surface area (Å²) in [7, 11) is 0. The Morgan fingerprint density at radius 2 is 2.04 bits per heavy atom. The molecule has 4 rings (SSSR count). The van der Waals surface area contributed by atoms with Gasteiger partial charge in [-0.3, -0.25) is 10.1 Å². The molecule has 2 heterocycles. The molecule has 6 nitrogen and oxygen atoms in total. The summed E-state index contributed by atoms with van der Waals surface area (Å²) in [6, 6.07) is 12.9. The van der Waals surface area contributed by atoms with Gasteiger partial charge in [0.2, 0.25) is 0 Å². The number of hydrogen-bond acceptors (Lipinski definition) is 5. The fourth-order valence-corrected chi connectivity index (χ4v) is 4.21. The van der Waals surface area contributed by atoms with E-state index < -0.39 is 4.92 Å². The first-order valence-corrected chi connectivity index (χ1v) is 9.84. The Bertz CT molecular complexity index is 1070. The van der Waals surface area contributed by atoms with Crippen molar-refractivity contribution in [3.8, 4) is 11.3 Å². The number of nitrogens with zero attached hydrogens (tertiary/aromatic N) is 3. The maximum Gasteiger partial charge on any atom is 0.294 e. The SMILES string of the molecule is O=[N+]([O-])c1ccccc1N=c1scc(-c2ccccc2F)n1CC1CCCO1. The van der Waals surface area contributed by atoms with E-state index in [9.17, 15) is 14.5 Å². The van der Waals surface area contributed by atoms with Crippen molar-refractivity contribution in [1.29, 1.82) is 0 Å². The van der Waals surface area contributed by atoms with Crippen LogP contribution in [0.25, 0.3) is 11.3 Å². The third-order valence-corrected chi connectivity index (χ3v) is 5.52. The van der Waals surface area contributed by atoms with E-state index in [0.29, 0.717) is 29.2 Å². The van der Waals surface area contributed by atoms with Crippen LogP contribution in [0.5, 0.6) is 0 Å². The maximum absolute atomic E-state index is 14.4. The van der Waals surface area contributed by atoms with Crippen LogP contribution in [0, 0.1) is 15.9 Å². The van der Waals surface area contributed by atoms with Crippen LogP contribution in [0.2, 0.25) is 0 Å². The van der Waals surface area contributed by atoms with Crippen molar-refractivity contribution in [1.82, 2.24) is 4.57 Å². The molecule has 1 aliphatic rings. The van der Waals surface area contributed by atoms with Gasteiger partial charge in [0.15, 0.2) is 4.80 Å². The van der Waals surface area contributed by atoms with Gasteiger partial charge >= 0.3 is 0 Å². The normalized spacial score (nSPS) is 17.2. The quantitative estimate of drug-likeness (QED) is 0.462. The molecular weight excluding hydrogens is 381 g/mol. The lowest BCUT2D eigenvalue weighted by Gasteiger charge is -2.14. The Morgan fingerprint density at radius 1 is 1.25 bits per heavy atom. The average molecular weight is 399 g/mol. The second kappa shape index (κ2) is 8.04. The van der Waals surface area contributed by atoms with Crippen molar-refractivity contribution in [2.75, 3.05) is 6.61 Å². The highest BCUT2D eigenvalue weighted by molar-refractivity contribution is 7.07. The fourth-order valence-electron chi connectivity index (χ4n) is 3.29. The fraction of sp³-hybridized carbons (Fsp3) is 0.250. The number of para-hydroxylation sites is 2. The monoisotopic (exact) mass is 399 g/mol. The molecule has 0 N–H and O–H groups in total. The van der Waals surface area contributed by atoms with Gasteiger partial charge in [-0.05, 0) is 31.0 Å². The van der Waals surface area contributed by atoms with Gasteiger partial charge in [0.25, 0.3) is 5.69 Å². The van der Waals surface area contributed by atoms with E-state index in [4.69, 9.17) is 4.74 Å². The molecule has 2 aromatic carbocycles. The molecule has 0 spiro atoms. The number of benzene rings is 2. The highest BCUT2D eigenvalue weighted by Crippen LogP contribution is 2.28. The second-order valence-electron chi connectivity index (χ2n) is 6.49. The molecule has 1 aliphatic heterocycles. The molecule has 28 heavy (non-hydrogen) atoms. The standard InChI is InChI=1S/C20H18FN3O3S/c21-16-8-2-1-7-15(16)19-13-28-20(23(19)12-14-6-5-11-27-14)22-17-9-3-4-10-18(17)24(25)26/h1-4,7-10,13-14H,5-6,11-12H2. The molecule has 1 fully saturated rings. The van der Waals surface area contributed by atoms with E-state index in [-0.39, 0.29) is 23.3 Å². The third kappa shape index (κ3) is 3.74. The van der Waals surface area contributed by atoms with E-state index in [1.54, 1.807) is 36.4 Å². The number of nitro benzene ring substituents is 1. The van der Waals surface area contributed by atoms with Gasteiger partial charge in [0.1, 0.15) is 11.5 Å². The molecule has 3 aromatic rings. The van der Waals surface area contributed by atoms with Crippen molar-refractivity contribution in [2.45, 2.75) is 25.5 Å². The minimum Gasteiger partial charge on any atom is -0.376 e. The zero-order valence-electron chi connectivity index (χ0n) is 15.0. The summed E-state index contributed by atoms with van der Waals surface area (Å²) in [5, 5.41) is 13.2. The molecule has 8 heteroatoms. The molecular formula is C20H18FN3O3S. The third-order valence-electron chi connectivity index (χ3n) is 4.65. The largest absolute Gasteiger partial charge is 0.376 e. The molecule has 0 saturated carbocycles. The lowest BCUT2D eigenvalue weighted by molar-refractivity contribution is -0.384. The topological polar surface area (TPSA) is 69.7 Å². The van der Waals surface area contributed by atoms with Crippen LogP contribution in [0.4, 0.5) is 15.8 Å². The number of thiazole rings is 1. The Morgan fingerprint density at radius 3 is 2.79 bits per heavy atom. The van der Waals surface area contributed by atoms with E-state index in [0.717, 1.165) is 12.8 Å². The smallest absolute Gasteiger partial charge is 0.294 e. The van der Waals surface area contributed by atoms with Crippen molar-refractivity contribution >= 4 is 22.7 Å². The molecule has 0 radical (unpaired) electrons. The lowest BCUT2D eigenvalue weighted by Crippen LogP contribution is -2.24. The predicted octanol–water partition coefficient (Wildman–Crippen LogP) is 4.68. The summed E-state index contributed by atoms with van der Waals surface area (Å²) in [5.41, 5.74) is 1.37. The van der Waals surface area contributed by atoms with Crippen LogP contribution in [-0.2, 0) is 11.3 Å². The number of halogens is 1. The summed E-state index contributed by atoms with van der Waals surface area (Å²) in [5.74, 6) is -0.321. The Hall–Kier alpha value is -2.84. The summed E-state index contributed by atoms with van der Waals surface area (Å²) < 4.78 is 22.1. The van der Waals surface area contributed by atoms with Gasteiger partial charge < -0.3 is 9.30 Å². The first-order valence-electron chi connectivity index (χ1n) is 8.96. The van der Waals surface area contributed by atoms with Gasteiger partial charge in [0, 0.05) is 23.6 Å².